The molecule has 0 amide bonds. The van der Waals surface area contributed by atoms with Crippen LogP contribution in [0.1, 0.15) is 6.42 Å². The summed E-state index contributed by atoms with van der Waals surface area (Å²) in [6.07, 6.45) is 6.94. The maximum Gasteiger partial charge on any atom is 0.114 e. The SMILES string of the molecule is BrC1=CNC2=NC=CCC12. The number of nitrogens with one attached hydrogen (secondary N) is 1. The van der Waals surface area contributed by atoms with Gasteiger partial charge in [0.05, 0.1) is 5.92 Å². The highest BCUT2D eigenvalue weighted by molar-refractivity contribution is 9.11. The molecular formula is C7H7BrN2. The standard InChI is InChI=1S/C7H7BrN2/c8-6-4-10-7-5(6)2-1-3-9-7/h1,3-5H,2H2,(H,9,10). The largest absolute Gasteiger partial charge is 0.349 e. The van der Waals surface area contributed by atoms with Crippen LogP contribution in [0.2, 0.25) is 0 Å². The number of halogens is 1. The van der Waals surface area contributed by atoms with Crippen LogP contribution in [0.5, 0.6) is 0 Å². The van der Waals surface area contributed by atoms with Gasteiger partial charge in [-0.2, -0.15) is 0 Å². The van der Waals surface area contributed by atoms with Gasteiger partial charge in [0.1, 0.15) is 5.84 Å². The van der Waals surface area contributed by atoms with Gasteiger partial charge in [0, 0.05) is 16.9 Å². The smallest absolute Gasteiger partial charge is 0.114 e. The maximum atomic E-state index is 4.18. The predicted molar refractivity (Wildman–Crippen MR) is 44.8 cm³/mol. The minimum atomic E-state index is 0.463. The first kappa shape index (κ1) is 6.16. The average Bonchev–Trinajstić information content (AvgIpc) is 2.34. The van der Waals surface area contributed by atoms with Gasteiger partial charge in [-0.25, -0.2) is 4.99 Å². The lowest BCUT2D eigenvalue weighted by atomic mass is 10.1. The van der Waals surface area contributed by atoms with Crippen molar-refractivity contribution in [2.24, 2.45) is 10.9 Å². The van der Waals surface area contributed by atoms with E-state index in [1.54, 1.807) is 0 Å². The van der Waals surface area contributed by atoms with Crippen LogP contribution in [0.4, 0.5) is 0 Å². The fourth-order valence-corrected chi connectivity index (χ4v) is 1.67. The third-order valence-corrected chi connectivity index (χ3v) is 2.49. The molecule has 3 heteroatoms. The number of allylic oxidation sites excluding steroid dienone is 1. The molecule has 0 bridgehead atoms. The number of fused-ring (bicyclic) bond motifs is 1. The van der Waals surface area contributed by atoms with E-state index in [1.807, 2.05) is 12.4 Å². The normalized spacial score (nSPS) is 28.7. The van der Waals surface area contributed by atoms with Crippen LogP contribution in [-0.2, 0) is 0 Å². The van der Waals surface area contributed by atoms with E-state index < -0.39 is 0 Å². The van der Waals surface area contributed by atoms with E-state index in [0.717, 1.165) is 12.3 Å². The number of nitrogens with zero attached hydrogens (tertiary/aromatic N) is 1. The lowest BCUT2D eigenvalue weighted by Gasteiger charge is -2.11. The zero-order valence-electron chi connectivity index (χ0n) is 5.34. The van der Waals surface area contributed by atoms with E-state index in [-0.39, 0.29) is 0 Å². The van der Waals surface area contributed by atoms with Gasteiger partial charge in [0.15, 0.2) is 0 Å². The van der Waals surface area contributed by atoms with Gasteiger partial charge in [-0.05, 0) is 6.42 Å². The Morgan fingerprint density at radius 1 is 1.70 bits per heavy atom. The van der Waals surface area contributed by atoms with Gasteiger partial charge in [-0.15, -0.1) is 0 Å². The summed E-state index contributed by atoms with van der Waals surface area (Å²) in [5.74, 6) is 1.53. The van der Waals surface area contributed by atoms with Crippen LogP contribution in [0, 0.1) is 5.92 Å². The zero-order chi connectivity index (χ0) is 6.97. The molecule has 0 saturated carbocycles. The summed E-state index contributed by atoms with van der Waals surface area (Å²) in [5.41, 5.74) is 0. The molecule has 0 fully saturated rings. The molecule has 0 aromatic heterocycles. The summed E-state index contributed by atoms with van der Waals surface area (Å²) < 4.78 is 1.20. The molecule has 2 nitrogen and oxygen atoms in total. The summed E-state index contributed by atoms with van der Waals surface area (Å²) in [7, 11) is 0. The molecule has 2 rings (SSSR count). The van der Waals surface area contributed by atoms with Gasteiger partial charge in [0.25, 0.3) is 0 Å². The second kappa shape index (κ2) is 2.23. The van der Waals surface area contributed by atoms with Crippen LogP contribution < -0.4 is 5.32 Å². The van der Waals surface area contributed by atoms with E-state index in [9.17, 15) is 0 Å². The van der Waals surface area contributed by atoms with Crippen molar-refractivity contribution in [3.05, 3.63) is 23.0 Å². The number of rotatable bonds is 0. The molecule has 0 aliphatic carbocycles. The molecule has 2 aliphatic heterocycles. The number of aliphatic imine (C=N–C) groups is 1. The highest BCUT2D eigenvalue weighted by Crippen LogP contribution is 2.28. The molecule has 52 valence electrons. The molecule has 0 aromatic carbocycles. The Bertz CT molecular complexity index is 240. The van der Waals surface area contributed by atoms with Crippen molar-refractivity contribution in [2.75, 3.05) is 0 Å². The monoisotopic (exact) mass is 198 g/mol. The minimum absolute atomic E-state index is 0.463. The Morgan fingerprint density at radius 2 is 2.60 bits per heavy atom. The van der Waals surface area contributed by atoms with Crippen LogP contribution in [0.25, 0.3) is 0 Å². The summed E-state index contributed by atoms with van der Waals surface area (Å²) in [6.45, 7) is 0. The van der Waals surface area contributed by atoms with Gasteiger partial charge < -0.3 is 5.32 Å². The molecule has 2 aliphatic rings. The highest BCUT2D eigenvalue weighted by Gasteiger charge is 2.23. The van der Waals surface area contributed by atoms with Crippen molar-refractivity contribution in [2.45, 2.75) is 6.42 Å². The average molecular weight is 199 g/mol. The second-order valence-corrected chi connectivity index (χ2v) is 3.28. The van der Waals surface area contributed by atoms with E-state index in [4.69, 9.17) is 0 Å². The molecule has 0 radical (unpaired) electrons. The third-order valence-electron chi connectivity index (χ3n) is 1.71. The Kier molecular flexibility index (Phi) is 1.38. The Balaban J connectivity index is 2.30. The predicted octanol–water partition coefficient (Wildman–Crippen LogP) is 1.76. The molecule has 1 N–H and O–H groups in total. The molecule has 0 saturated heterocycles. The number of hydrogen-bond donors (Lipinski definition) is 1. The zero-order valence-corrected chi connectivity index (χ0v) is 6.93. The highest BCUT2D eigenvalue weighted by atomic mass is 79.9. The van der Waals surface area contributed by atoms with Gasteiger partial charge in [-0.1, -0.05) is 22.0 Å². The minimum Gasteiger partial charge on any atom is -0.349 e. The van der Waals surface area contributed by atoms with Crippen molar-refractivity contribution < 1.29 is 0 Å². The van der Waals surface area contributed by atoms with E-state index in [1.165, 1.54) is 4.48 Å². The molecule has 1 unspecified atom stereocenters. The summed E-state index contributed by atoms with van der Waals surface area (Å²) >= 11 is 3.46. The van der Waals surface area contributed by atoms with Crippen molar-refractivity contribution in [3.63, 3.8) is 0 Å². The van der Waals surface area contributed by atoms with Crippen LogP contribution >= 0.6 is 15.9 Å². The van der Waals surface area contributed by atoms with Crippen LogP contribution in [0.15, 0.2) is 28.0 Å². The van der Waals surface area contributed by atoms with Crippen molar-refractivity contribution in [1.82, 2.24) is 5.32 Å². The lowest BCUT2D eigenvalue weighted by Crippen LogP contribution is -2.20. The van der Waals surface area contributed by atoms with Crippen LogP contribution in [-0.4, -0.2) is 5.84 Å². The fraction of sp³-hybridized carbons (Fsp3) is 0.286. The van der Waals surface area contributed by atoms with Gasteiger partial charge >= 0.3 is 0 Å². The second-order valence-electron chi connectivity index (χ2n) is 2.36. The van der Waals surface area contributed by atoms with Crippen LogP contribution in [0.3, 0.4) is 0 Å². The molecular weight excluding hydrogens is 192 g/mol. The first-order valence-electron chi connectivity index (χ1n) is 3.23. The first-order valence-corrected chi connectivity index (χ1v) is 4.02. The van der Waals surface area contributed by atoms with Gasteiger partial charge in [-0.3, -0.25) is 0 Å². The Hall–Kier alpha value is -0.570. The van der Waals surface area contributed by atoms with Crippen molar-refractivity contribution in [3.8, 4) is 0 Å². The fourth-order valence-electron chi connectivity index (χ4n) is 1.16. The molecule has 1 atom stereocenters. The van der Waals surface area contributed by atoms with E-state index in [0.29, 0.717) is 5.92 Å². The first-order chi connectivity index (χ1) is 4.88. The quantitative estimate of drug-likeness (QED) is 0.631. The van der Waals surface area contributed by atoms with E-state index in [2.05, 4.69) is 32.3 Å². The Labute approximate surface area is 67.9 Å². The summed E-state index contributed by atoms with van der Waals surface area (Å²) in [5, 5.41) is 3.10. The summed E-state index contributed by atoms with van der Waals surface area (Å²) in [4.78, 5) is 4.18. The van der Waals surface area contributed by atoms with Crippen molar-refractivity contribution in [1.29, 1.82) is 0 Å². The molecule has 10 heavy (non-hydrogen) atoms. The van der Waals surface area contributed by atoms with Crippen molar-refractivity contribution >= 4 is 21.8 Å². The number of amidine groups is 1. The summed E-state index contributed by atoms with van der Waals surface area (Å²) in [6, 6.07) is 0. The number of hydrogen-bond acceptors (Lipinski definition) is 2. The molecule has 0 aromatic rings. The third kappa shape index (κ3) is 0.814. The molecule has 0 spiro atoms. The van der Waals surface area contributed by atoms with E-state index >= 15 is 0 Å². The topological polar surface area (TPSA) is 24.4 Å². The van der Waals surface area contributed by atoms with Gasteiger partial charge in [0.2, 0.25) is 0 Å². The lowest BCUT2D eigenvalue weighted by molar-refractivity contribution is 0.855. The Morgan fingerprint density at radius 3 is 3.40 bits per heavy atom. The molecule has 2 heterocycles. The maximum absolute atomic E-state index is 4.18.